The molecule has 446 valence electrons. The summed E-state index contributed by atoms with van der Waals surface area (Å²) in [6.45, 7) is 14.6. The summed E-state index contributed by atoms with van der Waals surface area (Å²) in [5.41, 5.74) is 7.55. The molecule has 0 unspecified atom stereocenters. The normalized spacial score (nSPS) is 16.9. The van der Waals surface area contributed by atoms with Crippen LogP contribution in [0.2, 0.25) is 0 Å². The number of nitrogens with two attached hydrogens (primary N) is 1. The Labute approximate surface area is 484 Å². The van der Waals surface area contributed by atoms with Gasteiger partial charge in [0.2, 0.25) is 23.6 Å². The highest BCUT2D eigenvalue weighted by molar-refractivity contribution is 6.00. The number of carbonyl (C=O) groups excluding carboxylic acids is 7. The molecule has 1 fully saturated rings. The van der Waals surface area contributed by atoms with E-state index in [2.05, 4.69) is 31.9 Å². The summed E-state index contributed by atoms with van der Waals surface area (Å²) in [6.07, 6.45) is 4.23. The van der Waals surface area contributed by atoms with E-state index in [4.69, 9.17) is 39.4 Å². The van der Waals surface area contributed by atoms with Gasteiger partial charge in [-0.05, 0) is 161 Å². The van der Waals surface area contributed by atoms with Crippen molar-refractivity contribution in [3.05, 3.63) is 88.7 Å². The van der Waals surface area contributed by atoms with Crippen LogP contribution in [0.5, 0.6) is 17.2 Å². The van der Waals surface area contributed by atoms with E-state index in [-0.39, 0.29) is 81.0 Å². The van der Waals surface area contributed by atoms with Crippen LogP contribution in [0.25, 0.3) is 22.5 Å². The lowest BCUT2D eigenvalue weighted by Crippen LogP contribution is -2.56. The summed E-state index contributed by atoms with van der Waals surface area (Å²) in [5.74, 6) is -2.02. The Morgan fingerprint density at radius 3 is 1.93 bits per heavy atom. The van der Waals surface area contributed by atoms with Crippen LogP contribution in [0.15, 0.2) is 60.7 Å². The van der Waals surface area contributed by atoms with Gasteiger partial charge in [-0.2, -0.15) is 5.26 Å². The average molecular weight is 1150 g/mol. The van der Waals surface area contributed by atoms with E-state index < -0.39 is 77.1 Å². The fraction of sp³-hybridized carbons (Fsp3) is 0.500. The molecule has 3 aromatic carbocycles. The van der Waals surface area contributed by atoms with Gasteiger partial charge in [0.15, 0.2) is 5.82 Å². The van der Waals surface area contributed by atoms with E-state index in [0.717, 1.165) is 36.3 Å². The maximum absolute atomic E-state index is 15.0. The molecule has 1 aliphatic carbocycles. The van der Waals surface area contributed by atoms with E-state index in [9.17, 15) is 34.0 Å². The highest BCUT2D eigenvalue weighted by atomic mass is 16.6. The third-order valence-electron chi connectivity index (χ3n) is 13.4. The molecule has 4 atom stereocenters. The number of hydrogen-bond donors (Lipinski definition) is 7. The molecule has 83 heavy (non-hydrogen) atoms. The first-order valence-corrected chi connectivity index (χ1v) is 28.0. The molecule has 0 saturated heterocycles. The van der Waals surface area contributed by atoms with E-state index in [1.807, 2.05) is 30.3 Å². The van der Waals surface area contributed by atoms with Crippen LogP contribution in [0.4, 0.5) is 9.59 Å². The van der Waals surface area contributed by atoms with Gasteiger partial charge >= 0.3 is 12.2 Å². The van der Waals surface area contributed by atoms with Crippen molar-refractivity contribution in [3.63, 3.8) is 0 Å². The predicted molar refractivity (Wildman–Crippen MR) is 308 cm³/mol. The lowest BCUT2D eigenvalue weighted by Gasteiger charge is -2.32. The molecular weight excluding hydrogens is 1070 g/mol. The van der Waals surface area contributed by atoms with Crippen LogP contribution in [0, 0.1) is 25.2 Å². The third-order valence-corrected chi connectivity index (χ3v) is 13.4. The van der Waals surface area contributed by atoms with Gasteiger partial charge in [-0.15, -0.1) is 0 Å². The molecular formula is C60H79N11O12. The first kappa shape index (κ1) is 63.7. The number of nitrogens with one attached hydrogen (secondary N) is 6. The van der Waals surface area contributed by atoms with E-state index >= 15 is 4.79 Å². The van der Waals surface area contributed by atoms with Gasteiger partial charge in [0.05, 0.1) is 42.2 Å². The summed E-state index contributed by atoms with van der Waals surface area (Å²) in [6, 6.07) is 13.8. The second-order valence-electron chi connectivity index (χ2n) is 22.5. The van der Waals surface area contributed by atoms with Crippen LogP contribution in [-0.2, 0) is 35.1 Å². The number of ether oxygens (including phenoxy) is 5. The zero-order valence-corrected chi connectivity index (χ0v) is 49.1. The molecule has 1 aromatic heterocycles. The summed E-state index contributed by atoms with van der Waals surface area (Å²) in [5, 5.41) is 25.4. The second kappa shape index (κ2) is 28.9. The number of nitriles is 1. The third kappa shape index (κ3) is 18.5. The number of hydrogen-bond acceptors (Lipinski definition) is 16. The molecule has 4 bridgehead atoms. The topological polar surface area (TPSA) is 317 Å². The number of benzene rings is 3. The van der Waals surface area contributed by atoms with E-state index in [1.165, 1.54) is 20.4 Å². The molecule has 0 radical (unpaired) electrons. The number of aryl methyl sites for hydroxylation is 2. The average Bonchev–Trinajstić information content (AvgIpc) is 3.62. The Balaban J connectivity index is 1.38. The minimum atomic E-state index is -1.52. The summed E-state index contributed by atoms with van der Waals surface area (Å²) < 4.78 is 29.7. The fourth-order valence-electron chi connectivity index (χ4n) is 9.51. The van der Waals surface area contributed by atoms with Gasteiger partial charge in [0.25, 0.3) is 5.91 Å². The fourth-order valence-corrected chi connectivity index (χ4v) is 9.51. The van der Waals surface area contributed by atoms with E-state index in [0.29, 0.717) is 39.5 Å². The lowest BCUT2D eigenvalue weighted by molar-refractivity contribution is -0.141. The molecule has 6 rings (SSSR count). The Hall–Kier alpha value is -8.52. The van der Waals surface area contributed by atoms with Crippen molar-refractivity contribution in [3.8, 4) is 45.8 Å². The summed E-state index contributed by atoms with van der Waals surface area (Å²) in [7, 11) is 1.38. The van der Waals surface area contributed by atoms with Crippen molar-refractivity contribution >= 4 is 41.7 Å². The van der Waals surface area contributed by atoms with Gasteiger partial charge in [-0.25, -0.2) is 19.6 Å². The Morgan fingerprint density at radius 2 is 1.36 bits per heavy atom. The smallest absolute Gasteiger partial charge is 0.407 e. The van der Waals surface area contributed by atoms with Gasteiger partial charge < -0.3 is 66.2 Å². The first-order valence-electron chi connectivity index (χ1n) is 28.0. The number of alkyl carbamates (subject to hydrolysis) is 2. The molecule has 2 heterocycles. The molecule has 1 saturated carbocycles. The summed E-state index contributed by atoms with van der Waals surface area (Å²) in [4.78, 5) is 108. The molecule has 0 spiro atoms. The quantitative estimate of drug-likeness (QED) is 0.0432. The van der Waals surface area contributed by atoms with Crippen molar-refractivity contribution < 1.29 is 57.2 Å². The minimum absolute atomic E-state index is 0.00267. The maximum atomic E-state index is 15.0. The van der Waals surface area contributed by atoms with Crippen molar-refractivity contribution in [2.45, 2.75) is 149 Å². The standard InChI is InChI=1S/C60H79N11O12/c1-35-49(36(2)67-51(66-35)39-17-20-42(21-18-39)81-41-14-12-11-13-15-41)54(74)69-45(24-25-61)56(76)71(10)50-40-19-23-48(80-31-29-65-58(78)83-60(7,8)9)44(34-40)43-32-38(16-22-47(43)79-30-28-64-57(77)82-59(4,5)6)33-46(53(73)63-27-26-62)70-52(72)37(3)68-55(50)75/h16-23,32,34,37,41,45-46,50H,11-15,24-25,27-31,33,61H2,1-10H3,(H,63,73)(H,64,77)(H,65,78)(H,68,75)(H,69,74)(H,70,72)/t37-,45-,46-,50-/m0/s1. The van der Waals surface area contributed by atoms with Gasteiger partial charge in [-0.1, -0.05) is 18.6 Å². The van der Waals surface area contributed by atoms with Crippen LogP contribution in [0.3, 0.4) is 0 Å². The molecule has 7 amide bonds. The molecule has 1 aliphatic heterocycles. The van der Waals surface area contributed by atoms with Gasteiger partial charge in [0.1, 0.15) is 72.4 Å². The largest absolute Gasteiger partial charge is 0.491 e. The van der Waals surface area contributed by atoms with Crippen molar-refractivity contribution in [2.75, 3.05) is 46.4 Å². The van der Waals surface area contributed by atoms with Crippen LogP contribution in [-0.4, -0.2) is 138 Å². The molecule has 2 aliphatic rings. The molecule has 23 nitrogen and oxygen atoms in total. The van der Waals surface area contributed by atoms with Crippen molar-refractivity contribution in [2.24, 2.45) is 5.73 Å². The van der Waals surface area contributed by atoms with Crippen LogP contribution in [0.1, 0.15) is 126 Å². The number of rotatable bonds is 19. The highest BCUT2D eigenvalue weighted by Crippen LogP contribution is 2.40. The number of fused-ring (bicyclic) bond motifs is 5. The van der Waals surface area contributed by atoms with Gasteiger partial charge in [-0.3, -0.25) is 24.0 Å². The minimum Gasteiger partial charge on any atom is -0.491 e. The Kier molecular flexibility index (Phi) is 22.2. The SMILES string of the molecule is Cc1nc(-c2ccc(OC3CCCCC3)cc2)nc(C)c1C(=O)N[C@@H](CCN)C(=O)N(C)[C@@H]1C(=O)N[C@@H](C)C(=O)N[C@H](C(=O)NCC#N)Cc2ccc(OCCNC(=O)OC(C)(C)C)c(c2)-c2cc1ccc2OCCNC(=O)OC(C)(C)C. The lowest BCUT2D eigenvalue weighted by atomic mass is 9.93. The first-order chi connectivity index (χ1) is 39.3. The van der Waals surface area contributed by atoms with Gasteiger partial charge in [0, 0.05) is 30.2 Å². The zero-order valence-electron chi connectivity index (χ0n) is 49.1. The van der Waals surface area contributed by atoms with Crippen molar-refractivity contribution in [1.29, 1.82) is 5.26 Å². The summed E-state index contributed by atoms with van der Waals surface area (Å²) >= 11 is 0. The van der Waals surface area contributed by atoms with Crippen molar-refractivity contribution in [1.82, 2.24) is 46.8 Å². The number of amides is 7. The highest BCUT2D eigenvalue weighted by Gasteiger charge is 2.37. The predicted octanol–water partition coefficient (Wildman–Crippen LogP) is 5.78. The number of carbonyl (C=O) groups is 7. The zero-order chi connectivity index (χ0) is 60.6. The number of likely N-dealkylation sites (N-methyl/N-ethyl adjacent to an activating group) is 1. The monoisotopic (exact) mass is 1150 g/mol. The Bertz CT molecular complexity index is 2990. The number of aromatic nitrogens is 2. The Morgan fingerprint density at radius 1 is 0.783 bits per heavy atom. The van der Waals surface area contributed by atoms with Crippen LogP contribution < -0.4 is 51.8 Å². The van der Waals surface area contributed by atoms with Crippen LogP contribution >= 0.6 is 0 Å². The molecule has 23 heteroatoms. The maximum Gasteiger partial charge on any atom is 0.407 e. The van der Waals surface area contributed by atoms with E-state index in [1.54, 1.807) is 91.8 Å². The molecule has 8 N–H and O–H groups in total. The molecule has 4 aromatic rings. The second-order valence-corrected chi connectivity index (χ2v) is 22.5. The number of nitrogens with zero attached hydrogens (tertiary/aromatic N) is 4.